The Morgan fingerprint density at radius 3 is 3.10 bits per heavy atom. The van der Waals surface area contributed by atoms with Crippen molar-refractivity contribution in [3.8, 4) is 0 Å². The summed E-state index contributed by atoms with van der Waals surface area (Å²) in [6.45, 7) is 1.42. The molecule has 1 aromatic carbocycles. The number of aromatic nitrogens is 3. The average Bonchev–Trinajstić information content (AvgIpc) is 3.13. The van der Waals surface area contributed by atoms with Gasteiger partial charge in [-0.25, -0.2) is 9.07 Å². The van der Waals surface area contributed by atoms with E-state index in [1.165, 1.54) is 16.9 Å². The molecule has 0 bridgehead atoms. The van der Waals surface area contributed by atoms with Crippen LogP contribution in [-0.4, -0.2) is 40.2 Å². The number of nitrogens with one attached hydrogen (secondary N) is 1. The van der Waals surface area contributed by atoms with Crippen LogP contribution in [0.15, 0.2) is 30.5 Å². The van der Waals surface area contributed by atoms with Gasteiger partial charge in [0.1, 0.15) is 5.82 Å². The molecule has 1 atom stereocenters. The number of carbonyl (C=O) groups is 1. The number of hydrogen-bond donors (Lipinski definition) is 1. The first kappa shape index (κ1) is 13.7. The maximum absolute atomic E-state index is 13.6. The fraction of sp³-hybridized carbons (Fsp3) is 0.357. The largest absolute Gasteiger partial charge is 0.379 e. The van der Waals surface area contributed by atoms with Crippen LogP contribution in [0.5, 0.6) is 0 Å². The SMILES string of the molecule is O=C(N[C@@H]1CCOC1)c1cn(Cc2ccccc2F)nn1. The van der Waals surface area contributed by atoms with Crippen LogP contribution in [0.3, 0.4) is 0 Å². The number of halogens is 1. The fourth-order valence-corrected chi connectivity index (χ4v) is 2.19. The molecule has 0 unspecified atom stereocenters. The third-order valence-electron chi connectivity index (χ3n) is 3.33. The van der Waals surface area contributed by atoms with Crippen LogP contribution in [0.2, 0.25) is 0 Å². The first-order valence-corrected chi connectivity index (χ1v) is 6.74. The van der Waals surface area contributed by atoms with Crippen LogP contribution in [0.1, 0.15) is 22.5 Å². The van der Waals surface area contributed by atoms with E-state index in [1.807, 2.05) is 0 Å². The van der Waals surface area contributed by atoms with Crippen LogP contribution in [0, 0.1) is 5.82 Å². The lowest BCUT2D eigenvalue weighted by molar-refractivity contribution is 0.0925. The molecule has 6 nitrogen and oxygen atoms in total. The van der Waals surface area contributed by atoms with Gasteiger partial charge in [0.25, 0.3) is 5.91 Å². The molecule has 1 aliphatic heterocycles. The maximum Gasteiger partial charge on any atom is 0.273 e. The second kappa shape index (κ2) is 6.01. The van der Waals surface area contributed by atoms with Gasteiger partial charge in [0.05, 0.1) is 25.4 Å². The molecule has 1 amide bonds. The molecule has 1 fully saturated rings. The number of carbonyl (C=O) groups excluding carboxylic acids is 1. The number of amides is 1. The van der Waals surface area contributed by atoms with Gasteiger partial charge >= 0.3 is 0 Å². The monoisotopic (exact) mass is 290 g/mol. The molecule has 7 heteroatoms. The van der Waals surface area contributed by atoms with Gasteiger partial charge in [0.15, 0.2) is 5.69 Å². The number of ether oxygens (including phenoxy) is 1. The van der Waals surface area contributed by atoms with Crippen molar-refractivity contribution in [1.82, 2.24) is 20.3 Å². The zero-order valence-corrected chi connectivity index (χ0v) is 11.3. The molecule has 1 aliphatic rings. The lowest BCUT2D eigenvalue weighted by Crippen LogP contribution is -2.35. The highest BCUT2D eigenvalue weighted by Crippen LogP contribution is 2.09. The third-order valence-corrected chi connectivity index (χ3v) is 3.33. The van der Waals surface area contributed by atoms with Crippen molar-refractivity contribution in [3.05, 3.63) is 47.5 Å². The topological polar surface area (TPSA) is 69.0 Å². The Hall–Kier alpha value is -2.28. The molecule has 2 heterocycles. The summed E-state index contributed by atoms with van der Waals surface area (Å²) >= 11 is 0. The minimum atomic E-state index is -0.304. The summed E-state index contributed by atoms with van der Waals surface area (Å²) in [6.07, 6.45) is 2.31. The zero-order valence-electron chi connectivity index (χ0n) is 11.3. The van der Waals surface area contributed by atoms with Gasteiger partial charge in [-0.1, -0.05) is 23.4 Å². The first-order chi connectivity index (χ1) is 10.2. The smallest absolute Gasteiger partial charge is 0.273 e. The van der Waals surface area contributed by atoms with E-state index >= 15 is 0 Å². The lowest BCUT2D eigenvalue weighted by Gasteiger charge is -2.08. The number of benzene rings is 1. The van der Waals surface area contributed by atoms with Crippen molar-refractivity contribution in [2.75, 3.05) is 13.2 Å². The van der Waals surface area contributed by atoms with Gasteiger partial charge < -0.3 is 10.1 Å². The van der Waals surface area contributed by atoms with Crippen molar-refractivity contribution in [2.45, 2.75) is 19.0 Å². The predicted octanol–water partition coefficient (Wildman–Crippen LogP) is 0.984. The summed E-state index contributed by atoms with van der Waals surface area (Å²) in [5.74, 6) is -0.590. The number of nitrogens with zero attached hydrogens (tertiary/aromatic N) is 3. The van der Waals surface area contributed by atoms with E-state index in [-0.39, 0.29) is 30.0 Å². The summed E-state index contributed by atoms with van der Waals surface area (Å²) in [5.41, 5.74) is 0.719. The van der Waals surface area contributed by atoms with Gasteiger partial charge in [-0.3, -0.25) is 4.79 Å². The summed E-state index contributed by atoms with van der Waals surface area (Å²) in [5, 5.41) is 10.5. The van der Waals surface area contributed by atoms with E-state index in [9.17, 15) is 9.18 Å². The molecule has 2 aromatic rings. The van der Waals surface area contributed by atoms with E-state index in [0.29, 0.717) is 18.8 Å². The molecule has 0 spiro atoms. The van der Waals surface area contributed by atoms with E-state index in [2.05, 4.69) is 15.6 Å². The average molecular weight is 290 g/mol. The molecule has 110 valence electrons. The van der Waals surface area contributed by atoms with Crippen molar-refractivity contribution in [2.24, 2.45) is 0 Å². The minimum Gasteiger partial charge on any atom is -0.379 e. The quantitative estimate of drug-likeness (QED) is 0.911. The van der Waals surface area contributed by atoms with Crippen molar-refractivity contribution < 1.29 is 13.9 Å². The number of rotatable bonds is 4. The summed E-state index contributed by atoms with van der Waals surface area (Å²) in [4.78, 5) is 12.0. The Bertz CT molecular complexity index is 637. The molecule has 1 saturated heterocycles. The Labute approximate surface area is 120 Å². The van der Waals surface area contributed by atoms with Crippen molar-refractivity contribution >= 4 is 5.91 Å². The third kappa shape index (κ3) is 3.25. The van der Waals surface area contributed by atoms with E-state index in [4.69, 9.17) is 4.74 Å². The highest BCUT2D eigenvalue weighted by Gasteiger charge is 2.20. The second-order valence-corrected chi connectivity index (χ2v) is 4.93. The lowest BCUT2D eigenvalue weighted by atomic mass is 10.2. The first-order valence-electron chi connectivity index (χ1n) is 6.74. The normalized spacial score (nSPS) is 17.9. The van der Waals surface area contributed by atoms with Crippen LogP contribution in [0.4, 0.5) is 4.39 Å². The Morgan fingerprint density at radius 2 is 2.33 bits per heavy atom. The Morgan fingerprint density at radius 1 is 1.48 bits per heavy atom. The van der Waals surface area contributed by atoms with Crippen LogP contribution < -0.4 is 5.32 Å². The van der Waals surface area contributed by atoms with Crippen LogP contribution >= 0.6 is 0 Å². The second-order valence-electron chi connectivity index (χ2n) is 4.93. The molecular formula is C14H15FN4O2. The van der Waals surface area contributed by atoms with Crippen LogP contribution in [-0.2, 0) is 11.3 Å². The predicted molar refractivity (Wildman–Crippen MR) is 72.2 cm³/mol. The zero-order chi connectivity index (χ0) is 14.7. The van der Waals surface area contributed by atoms with E-state index < -0.39 is 0 Å². The van der Waals surface area contributed by atoms with Crippen molar-refractivity contribution in [3.63, 3.8) is 0 Å². The van der Waals surface area contributed by atoms with Gasteiger partial charge in [-0.05, 0) is 12.5 Å². The molecule has 0 radical (unpaired) electrons. The van der Waals surface area contributed by atoms with Gasteiger partial charge in [-0.2, -0.15) is 0 Å². The van der Waals surface area contributed by atoms with Gasteiger partial charge in [0, 0.05) is 12.2 Å². The molecule has 1 N–H and O–H groups in total. The summed E-state index contributed by atoms with van der Waals surface area (Å²) < 4.78 is 20.2. The molecule has 21 heavy (non-hydrogen) atoms. The fourth-order valence-electron chi connectivity index (χ4n) is 2.19. The van der Waals surface area contributed by atoms with Gasteiger partial charge in [0.2, 0.25) is 0 Å². The molecule has 0 aliphatic carbocycles. The van der Waals surface area contributed by atoms with E-state index in [0.717, 1.165) is 6.42 Å². The summed E-state index contributed by atoms with van der Waals surface area (Å²) in [7, 11) is 0. The highest BCUT2D eigenvalue weighted by molar-refractivity contribution is 5.92. The van der Waals surface area contributed by atoms with E-state index in [1.54, 1.807) is 18.2 Å². The van der Waals surface area contributed by atoms with Gasteiger partial charge in [-0.15, -0.1) is 5.10 Å². The highest BCUT2D eigenvalue weighted by atomic mass is 19.1. The van der Waals surface area contributed by atoms with Crippen LogP contribution in [0.25, 0.3) is 0 Å². The standard InChI is InChI=1S/C14H15FN4O2/c15-12-4-2-1-3-10(12)7-19-8-13(17-18-19)14(20)16-11-5-6-21-9-11/h1-4,8,11H,5-7,9H2,(H,16,20)/t11-/m1/s1. The number of hydrogen-bond acceptors (Lipinski definition) is 4. The molecule has 0 saturated carbocycles. The Balaban J connectivity index is 1.65. The summed E-state index contributed by atoms with van der Waals surface area (Å²) in [6, 6.07) is 6.47. The van der Waals surface area contributed by atoms with Crippen molar-refractivity contribution in [1.29, 1.82) is 0 Å². The molecular weight excluding hydrogens is 275 g/mol. The molecule has 3 rings (SSSR count). The maximum atomic E-state index is 13.6. The Kier molecular flexibility index (Phi) is 3.92. The minimum absolute atomic E-state index is 0.0224. The molecule has 1 aromatic heterocycles.